The predicted molar refractivity (Wildman–Crippen MR) is 138 cm³/mol. The third-order valence-corrected chi connectivity index (χ3v) is 5.79. The van der Waals surface area contributed by atoms with Crippen LogP contribution in [-0.2, 0) is 17.9 Å². The lowest BCUT2D eigenvalue weighted by atomic mass is 10.1. The number of rotatable bonds is 7. The Bertz CT molecular complexity index is 1660. The molecular weight excluding hydrogens is 454 g/mol. The molecule has 0 aliphatic rings. The summed E-state index contributed by atoms with van der Waals surface area (Å²) >= 11 is 0. The Balaban J connectivity index is 1.25. The number of amides is 1. The Morgan fingerprint density at radius 1 is 0.667 bits per heavy atom. The molecule has 2 heterocycles. The number of carbonyl (C=O) groups excluding carboxylic acids is 1. The van der Waals surface area contributed by atoms with Gasteiger partial charge in [0.2, 0.25) is 5.91 Å². The van der Waals surface area contributed by atoms with Crippen LogP contribution in [0.15, 0.2) is 107 Å². The summed E-state index contributed by atoms with van der Waals surface area (Å²) in [6.45, 7) is 0.153. The standard InChI is InChI=1S/C28H23N5O3/c34-26(29-16-17-32-27(35)14-12-24(30-32)21-7-2-1-3-8-21)19-33-28(36)15-13-25(31-33)23-11-10-20-6-4-5-9-22(20)18-23/h1-15,18H,16-17,19H2,(H,29,34). The molecule has 0 fully saturated rings. The monoisotopic (exact) mass is 477 g/mol. The molecule has 0 saturated carbocycles. The highest BCUT2D eigenvalue weighted by atomic mass is 16.2. The van der Waals surface area contributed by atoms with E-state index >= 15 is 0 Å². The summed E-state index contributed by atoms with van der Waals surface area (Å²) in [5.74, 6) is -0.382. The number of hydrogen-bond donors (Lipinski definition) is 1. The third kappa shape index (κ3) is 5.12. The van der Waals surface area contributed by atoms with Gasteiger partial charge in [0, 0.05) is 29.8 Å². The minimum atomic E-state index is -0.382. The Morgan fingerprint density at radius 2 is 1.31 bits per heavy atom. The molecule has 8 heteroatoms. The van der Waals surface area contributed by atoms with Gasteiger partial charge >= 0.3 is 0 Å². The van der Waals surface area contributed by atoms with Gasteiger partial charge in [-0.05, 0) is 29.0 Å². The number of aromatic nitrogens is 4. The average molecular weight is 478 g/mol. The molecule has 36 heavy (non-hydrogen) atoms. The number of hydrogen-bond acceptors (Lipinski definition) is 5. The zero-order chi connectivity index (χ0) is 24.9. The van der Waals surface area contributed by atoms with Gasteiger partial charge in [-0.15, -0.1) is 0 Å². The van der Waals surface area contributed by atoms with E-state index in [2.05, 4.69) is 15.5 Å². The Kier molecular flexibility index (Phi) is 6.48. The van der Waals surface area contributed by atoms with E-state index in [0.29, 0.717) is 11.4 Å². The Labute approximate surface area is 206 Å². The first kappa shape index (κ1) is 22.9. The summed E-state index contributed by atoms with van der Waals surface area (Å²) in [7, 11) is 0. The van der Waals surface area contributed by atoms with Gasteiger partial charge in [0.05, 0.1) is 17.9 Å². The minimum absolute atomic E-state index is 0.184. The number of fused-ring (bicyclic) bond motifs is 1. The van der Waals surface area contributed by atoms with Crippen molar-refractivity contribution in [1.82, 2.24) is 24.9 Å². The lowest BCUT2D eigenvalue weighted by Crippen LogP contribution is -2.36. The van der Waals surface area contributed by atoms with Crippen molar-refractivity contribution in [3.05, 3.63) is 118 Å². The van der Waals surface area contributed by atoms with E-state index in [9.17, 15) is 14.4 Å². The van der Waals surface area contributed by atoms with Crippen LogP contribution in [0.25, 0.3) is 33.3 Å². The molecule has 1 N–H and O–H groups in total. The van der Waals surface area contributed by atoms with Crippen molar-refractivity contribution < 1.29 is 4.79 Å². The van der Waals surface area contributed by atoms with Crippen molar-refractivity contribution in [3.63, 3.8) is 0 Å². The van der Waals surface area contributed by atoms with Crippen LogP contribution in [0.3, 0.4) is 0 Å². The SMILES string of the molecule is O=C(Cn1nc(-c2ccc3ccccc3c2)ccc1=O)NCCn1nc(-c2ccccc2)ccc1=O. The van der Waals surface area contributed by atoms with Gasteiger partial charge in [-0.2, -0.15) is 10.2 Å². The van der Waals surface area contributed by atoms with Crippen LogP contribution >= 0.6 is 0 Å². The molecule has 0 bridgehead atoms. The second-order valence-electron chi connectivity index (χ2n) is 8.27. The van der Waals surface area contributed by atoms with Gasteiger partial charge in [-0.3, -0.25) is 14.4 Å². The van der Waals surface area contributed by atoms with E-state index in [1.54, 1.807) is 12.1 Å². The van der Waals surface area contributed by atoms with Gasteiger partial charge in [-0.25, -0.2) is 9.36 Å². The van der Waals surface area contributed by atoms with Crippen molar-refractivity contribution in [1.29, 1.82) is 0 Å². The summed E-state index contributed by atoms with van der Waals surface area (Å²) in [5, 5.41) is 13.7. The van der Waals surface area contributed by atoms with Gasteiger partial charge in [0.25, 0.3) is 11.1 Å². The Hall–Kier alpha value is -4.85. The van der Waals surface area contributed by atoms with E-state index < -0.39 is 0 Å². The van der Waals surface area contributed by atoms with Gasteiger partial charge in [-0.1, -0.05) is 66.7 Å². The van der Waals surface area contributed by atoms with Gasteiger partial charge in [0.15, 0.2) is 0 Å². The number of nitrogens with one attached hydrogen (secondary N) is 1. The quantitative estimate of drug-likeness (QED) is 0.388. The molecule has 0 spiro atoms. The summed E-state index contributed by atoms with van der Waals surface area (Å²) in [6.07, 6.45) is 0. The molecule has 0 atom stereocenters. The maximum absolute atomic E-state index is 12.5. The topological polar surface area (TPSA) is 98.9 Å². The first-order chi connectivity index (χ1) is 17.6. The normalized spacial score (nSPS) is 10.9. The van der Waals surface area contributed by atoms with Gasteiger partial charge in [0.1, 0.15) is 6.54 Å². The maximum atomic E-state index is 12.5. The number of carbonyl (C=O) groups is 1. The fraction of sp³-hybridized carbons (Fsp3) is 0.107. The van der Waals surface area contributed by atoms with E-state index in [0.717, 1.165) is 26.6 Å². The first-order valence-corrected chi connectivity index (χ1v) is 11.5. The van der Waals surface area contributed by atoms with Crippen molar-refractivity contribution in [2.24, 2.45) is 0 Å². The number of benzene rings is 3. The second kappa shape index (κ2) is 10.2. The molecule has 0 aliphatic heterocycles. The molecular formula is C28H23N5O3. The van der Waals surface area contributed by atoms with Crippen molar-refractivity contribution in [2.45, 2.75) is 13.1 Å². The van der Waals surface area contributed by atoms with E-state index in [1.807, 2.05) is 72.8 Å². The van der Waals surface area contributed by atoms with E-state index in [4.69, 9.17) is 0 Å². The molecule has 2 aromatic heterocycles. The second-order valence-corrected chi connectivity index (χ2v) is 8.27. The molecule has 5 aromatic rings. The molecule has 0 radical (unpaired) electrons. The highest BCUT2D eigenvalue weighted by Crippen LogP contribution is 2.22. The van der Waals surface area contributed by atoms with E-state index in [1.165, 1.54) is 16.8 Å². The molecule has 0 unspecified atom stereocenters. The highest BCUT2D eigenvalue weighted by Gasteiger charge is 2.09. The molecule has 1 amide bonds. The average Bonchev–Trinajstić information content (AvgIpc) is 2.91. The minimum Gasteiger partial charge on any atom is -0.353 e. The summed E-state index contributed by atoms with van der Waals surface area (Å²) in [5.41, 5.74) is 2.39. The lowest BCUT2D eigenvalue weighted by Gasteiger charge is -2.10. The molecule has 178 valence electrons. The lowest BCUT2D eigenvalue weighted by molar-refractivity contribution is -0.121. The zero-order valence-electron chi connectivity index (χ0n) is 19.4. The maximum Gasteiger partial charge on any atom is 0.267 e. The molecule has 0 aliphatic carbocycles. The van der Waals surface area contributed by atoms with Crippen LogP contribution in [0.4, 0.5) is 0 Å². The first-order valence-electron chi connectivity index (χ1n) is 11.5. The highest BCUT2D eigenvalue weighted by molar-refractivity contribution is 5.86. The summed E-state index contributed by atoms with van der Waals surface area (Å²) < 4.78 is 2.45. The van der Waals surface area contributed by atoms with Crippen molar-refractivity contribution >= 4 is 16.7 Å². The fourth-order valence-corrected chi connectivity index (χ4v) is 3.93. The fourth-order valence-electron chi connectivity index (χ4n) is 3.93. The zero-order valence-corrected chi connectivity index (χ0v) is 19.4. The van der Waals surface area contributed by atoms with Crippen molar-refractivity contribution in [3.8, 4) is 22.5 Å². The Morgan fingerprint density at radius 3 is 2.08 bits per heavy atom. The molecule has 0 saturated heterocycles. The van der Waals surface area contributed by atoms with Crippen LogP contribution in [0.1, 0.15) is 0 Å². The van der Waals surface area contributed by atoms with Crippen LogP contribution in [0.5, 0.6) is 0 Å². The molecule has 8 nitrogen and oxygen atoms in total. The van der Waals surface area contributed by atoms with Gasteiger partial charge < -0.3 is 5.32 Å². The number of nitrogens with zero attached hydrogens (tertiary/aromatic N) is 4. The summed E-state index contributed by atoms with van der Waals surface area (Å²) in [6, 6.07) is 29.6. The van der Waals surface area contributed by atoms with Crippen LogP contribution in [-0.4, -0.2) is 32.0 Å². The summed E-state index contributed by atoms with van der Waals surface area (Å²) in [4.78, 5) is 37.1. The third-order valence-electron chi connectivity index (χ3n) is 5.79. The molecule has 5 rings (SSSR count). The van der Waals surface area contributed by atoms with Crippen LogP contribution < -0.4 is 16.4 Å². The van der Waals surface area contributed by atoms with Crippen molar-refractivity contribution in [2.75, 3.05) is 6.54 Å². The van der Waals surface area contributed by atoms with Crippen LogP contribution in [0, 0.1) is 0 Å². The largest absolute Gasteiger partial charge is 0.353 e. The molecule has 3 aromatic carbocycles. The predicted octanol–water partition coefficient (Wildman–Crippen LogP) is 3.10. The van der Waals surface area contributed by atoms with Crippen LogP contribution in [0.2, 0.25) is 0 Å². The smallest absolute Gasteiger partial charge is 0.267 e. The van der Waals surface area contributed by atoms with E-state index in [-0.39, 0.29) is 36.7 Å².